The largest absolute Gasteiger partial charge is 0.495 e. The molecule has 0 aliphatic heterocycles. The molecule has 188 valence electrons. The number of thiophene rings is 1. The van der Waals surface area contributed by atoms with E-state index in [-0.39, 0.29) is 18.4 Å². The standard InChI is InChI=1S/C27H31N5O3S/c1-6-27(3,4)28-26(34)25(23-12-9-15-36-23)32(21-16-18(2)13-14-22(21)35-5)24(33)17-31-20-11-8-7-10-19(20)29-30-31/h7-16,25H,6,17H2,1-5H3,(H,28,34). The number of ether oxygens (including phenoxy) is 1. The maximum Gasteiger partial charge on any atom is 0.249 e. The van der Waals surface area contributed by atoms with E-state index in [0.717, 1.165) is 22.4 Å². The number of anilines is 1. The summed E-state index contributed by atoms with van der Waals surface area (Å²) in [4.78, 5) is 30.3. The average Bonchev–Trinajstić information content (AvgIpc) is 3.52. The highest BCUT2D eigenvalue weighted by Crippen LogP contribution is 2.37. The molecule has 4 rings (SSSR count). The van der Waals surface area contributed by atoms with E-state index in [1.165, 1.54) is 16.2 Å². The second-order valence-electron chi connectivity index (χ2n) is 9.32. The molecule has 0 aliphatic carbocycles. The Morgan fingerprint density at radius 2 is 1.94 bits per heavy atom. The molecule has 4 aromatic rings. The van der Waals surface area contributed by atoms with Crippen molar-refractivity contribution in [2.24, 2.45) is 0 Å². The SMILES string of the molecule is CCC(C)(C)NC(=O)C(c1cccs1)N(C(=O)Cn1nnc2ccccc21)c1cc(C)ccc1OC. The number of amides is 2. The van der Waals surface area contributed by atoms with Crippen LogP contribution in [0.1, 0.15) is 43.7 Å². The van der Waals surface area contributed by atoms with Gasteiger partial charge in [-0.2, -0.15) is 0 Å². The van der Waals surface area contributed by atoms with Gasteiger partial charge in [-0.05, 0) is 68.5 Å². The summed E-state index contributed by atoms with van der Waals surface area (Å²) in [6.45, 7) is 7.80. The molecule has 0 radical (unpaired) electrons. The van der Waals surface area contributed by atoms with Crippen LogP contribution < -0.4 is 15.0 Å². The van der Waals surface area contributed by atoms with E-state index in [0.29, 0.717) is 17.0 Å². The van der Waals surface area contributed by atoms with Gasteiger partial charge in [-0.3, -0.25) is 14.5 Å². The highest BCUT2D eigenvalue weighted by molar-refractivity contribution is 7.10. The Kier molecular flexibility index (Phi) is 7.40. The molecule has 1 unspecified atom stereocenters. The third kappa shape index (κ3) is 5.26. The Balaban J connectivity index is 1.84. The predicted octanol–water partition coefficient (Wildman–Crippen LogP) is 4.89. The molecular formula is C27H31N5O3S. The number of hydrogen-bond donors (Lipinski definition) is 1. The Bertz CT molecular complexity index is 1360. The van der Waals surface area contributed by atoms with Gasteiger partial charge in [-0.25, -0.2) is 4.68 Å². The molecule has 2 aromatic heterocycles. The number of carbonyl (C=O) groups is 2. The van der Waals surface area contributed by atoms with Gasteiger partial charge in [-0.15, -0.1) is 16.4 Å². The summed E-state index contributed by atoms with van der Waals surface area (Å²) in [6.07, 6.45) is 0.739. The minimum absolute atomic E-state index is 0.0933. The van der Waals surface area contributed by atoms with Crippen molar-refractivity contribution in [3.8, 4) is 5.75 Å². The molecule has 2 aromatic carbocycles. The van der Waals surface area contributed by atoms with Gasteiger partial charge in [0, 0.05) is 10.4 Å². The molecule has 36 heavy (non-hydrogen) atoms. The summed E-state index contributed by atoms with van der Waals surface area (Å²) in [5, 5.41) is 13.4. The molecular weight excluding hydrogens is 474 g/mol. The van der Waals surface area contributed by atoms with E-state index in [2.05, 4.69) is 15.6 Å². The van der Waals surface area contributed by atoms with Crippen LogP contribution in [0.2, 0.25) is 0 Å². The van der Waals surface area contributed by atoms with E-state index in [4.69, 9.17) is 4.74 Å². The molecule has 8 nitrogen and oxygen atoms in total. The first-order chi connectivity index (χ1) is 17.2. The average molecular weight is 506 g/mol. The number of nitrogens with zero attached hydrogens (tertiary/aromatic N) is 4. The Morgan fingerprint density at radius 3 is 2.64 bits per heavy atom. The van der Waals surface area contributed by atoms with Crippen molar-refractivity contribution in [3.63, 3.8) is 0 Å². The molecule has 1 atom stereocenters. The lowest BCUT2D eigenvalue weighted by Crippen LogP contribution is -2.51. The summed E-state index contributed by atoms with van der Waals surface area (Å²) in [5.74, 6) is -0.0661. The van der Waals surface area contributed by atoms with Gasteiger partial charge >= 0.3 is 0 Å². The number of fused-ring (bicyclic) bond motifs is 1. The van der Waals surface area contributed by atoms with Crippen LogP contribution in [0.3, 0.4) is 0 Å². The Labute approximate surface area is 214 Å². The van der Waals surface area contributed by atoms with Crippen LogP contribution >= 0.6 is 11.3 Å². The zero-order valence-electron chi connectivity index (χ0n) is 21.2. The van der Waals surface area contributed by atoms with Crippen molar-refractivity contribution in [1.82, 2.24) is 20.3 Å². The van der Waals surface area contributed by atoms with E-state index in [1.807, 2.05) is 87.7 Å². The second-order valence-corrected chi connectivity index (χ2v) is 10.3. The van der Waals surface area contributed by atoms with Crippen molar-refractivity contribution < 1.29 is 14.3 Å². The third-order valence-electron chi connectivity index (χ3n) is 6.23. The number of hydrogen-bond acceptors (Lipinski definition) is 6. The summed E-state index contributed by atoms with van der Waals surface area (Å²) in [6, 6.07) is 15.9. The minimum atomic E-state index is -0.895. The predicted molar refractivity (Wildman–Crippen MR) is 142 cm³/mol. The first-order valence-corrected chi connectivity index (χ1v) is 12.7. The van der Waals surface area contributed by atoms with Gasteiger partial charge in [0.25, 0.3) is 0 Å². The topological polar surface area (TPSA) is 89.4 Å². The molecule has 0 saturated carbocycles. The number of carbonyl (C=O) groups excluding carboxylic acids is 2. The van der Waals surface area contributed by atoms with Crippen LogP contribution in [0, 0.1) is 6.92 Å². The first-order valence-electron chi connectivity index (χ1n) is 11.8. The number of aryl methyl sites for hydroxylation is 1. The van der Waals surface area contributed by atoms with Crippen LogP contribution in [-0.2, 0) is 16.1 Å². The van der Waals surface area contributed by atoms with Crippen molar-refractivity contribution in [2.75, 3.05) is 12.0 Å². The zero-order chi connectivity index (χ0) is 25.9. The molecule has 1 N–H and O–H groups in total. The molecule has 2 amide bonds. The van der Waals surface area contributed by atoms with Crippen LogP contribution in [0.4, 0.5) is 5.69 Å². The zero-order valence-corrected chi connectivity index (χ0v) is 22.0. The molecule has 0 fully saturated rings. The monoisotopic (exact) mass is 505 g/mol. The highest BCUT2D eigenvalue weighted by atomic mass is 32.1. The lowest BCUT2D eigenvalue weighted by Gasteiger charge is -2.34. The van der Waals surface area contributed by atoms with E-state index >= 15 is 0 Å². The lowest BCUT2D eigenvalue weighted by molar-refractivity contribution is -0.128. The van der Waals surface area contributed by atoms with E-state index < -0.39 is 11.6 Å². The van der Waals surface area contributed by atoms with Gasteiger partial charge in [0.15, 0.2) is 0 Å². The Hall–Kier alpha value is -3.72. The fourth-order valence-corrected chi connectivity index (χ4v) is 4.77. The van der Waals surface area contributed by atoms with Crippen molar-refractivity contribution in [1.29, 1.82) is 0 Å². The molecule has 0 aliphatic rings. The number of rotatable bonds is 9. The van der Waals surface area contributed by atoms with Crippen molar-refractivity contribution in [3.05, 3.63) is 70.4 Å². The molecule has 0 spiro atoms. The van der Waals surface area contributed by atoms with Crippen LogP contribution in [0.5, 0.6) is 5.75 Å². The second kappa shape index (κ2) is 10.5. The fourth-order valence-electron chi connectivity index (χ4n) is 3.95. The van der Waals surface area contributed by atoms with E-state index in [9.17, 15) is 9.59 Å². The number of aromatic nitrogens is 3. The summed E-state index contributed by atoms with van der Waals surface area (Å²) in [7, 11) is 1.56. The number of para-hydroxylation sites is 1. The quantitative estimate of drug-likeness (QED) is 0.350. The maximum absolute atomic E-state index is 14.1. The van der Waals surface area contributed by atoms with Gasteiger partial charge in [-0.1, -0.05) is 36.4 Å². The Morgan fingerprint density at radius 1 is 1.17 bits per heavy atom. The molecule has 2 heterocycles. The number of methoxy groups -OCH3 is 1. The van der Waals surface area contributed by atoms with Crippen LogP contribution in [0.15, 0.2) is 60.0 Å². The molecule has 9 heteroatoms. The van der Waals surface area contributed by atoms with Crippen molar-refractivity contribution in [2.45, 2.75) is 52.2 Å². The number of benzene rings is 2. The lowest BCUT2D eigenvalue weighted by atomic mass is 10.0. The molecule has 0 saturated heterocycles. The van der Waals surface area contributed by atoms with E-state index in [1.54, 1.807) is 11.8 Å². The third-order valence-corrected chi connectivity index (χ3v) is 7.16. The van der Waals surface area contributed by atoms with Gasteiger partial charge in [0.2, 0.25) is 11.8 Å². The van der Waals surface area contributed by atoms with Crippen LogP contribution in [0.25, 0.3) is 11.0 Å². The molecule has 0 bridgehead atoms. The van der Waals surface area contributed by atoms with Crippen LogP contribution in [-0.4, -0.2) is 39.5 Å². The smallest absolute Gasteiger partial charge is 0.249 e. The summed E-state index contributed by atoms with van der Waals surface area (Å²) < 4.78 is 7.21. The summed E-state index contributed by atoms with van der Waals surface area (Å²) >= 11 is 1.43. The number of nitrogens with one attached hydrogen (secondary N) is 1. The minimum Gasteiger partial charge on any atom is -0.495 e. The maximum atomic E-state index is 14.1. The summed E-state index contributed by atoms with van der Waals surface area (Å²) in [5.41, 5.74) is 2.46. The van der Waals surface area contributed by atoms with Gasteiger partial charge < -0.3 is 10.1 Å². The van der Waals surface area contributed by atoms with Gasteiger partial charge in [0.05, 0.1) is 18.3 Å². The normalized spacial score (nSPS) is 12.4. The highest BCUT2D eigenvalue weighted by Gasteiger charge is 2.37. The fraction of sp³-hybridized carbons (Fsp3) is 0.333. The van der Waals surface area contributed by atoms with Gasteiger partial charge in [0.1, 0.15) is 23.9 Å². The first kappa shape index (κ1) is 25.4. The van der Waals surface area contributed by atoms with Crippen molar-refractivity contribution >= 4 is 39.9 Å².